The third-order valence-electron chi connectivity index (χ3n) is 4.44. The van der Waals surface area contributed by atoms with Crippen LogP contribution in [0.5, 0.6) is 0 Å². The molecular formula is C22H24FN5O3S. The number of nitrogens with zero attached hydrogens (tertiary/aromatic N) is 4. The first kappa shape index (κ1) is 23.4. The molecule has 3 rings (SSSR count). The van der Waals surface area contributed by atoms with Gasteiger partial charge in [0.05, 0.1) is 6.61 Å². The number of aryl methyl sites for hydroxylation is 1. The van der Waals surface area contributed by atoms with Crippen LogP contribution in [0.1, 0.15) is 30.0 Å². The first-order valence-electron chi connectivity index (χ1n) is 10.2. The van der Waals surface area contributed by atoms with Crippen LogP contribution in [0.15, 0.2) is 59.1 Å². The van der Waals surface area contributed by atoms with Crippen molar-refractivity contribution in [2.75, 3.05) is 13.2 Å². The molecule has 0 bridgehead atoms. The Morgan fingerprint density at radius 3 is 2.66 bits per heavy atom. The minimum Gasteiger partial charge on any atom is -0.450 e. The number of alkyl carbamates (subject to hydrolysis) is 1. The molecule has 0 aliphatic rings. The lowest BCUT2D eigenvalue weighted by Crippen LogP contribution is -2.26. The van der Waals surface area contributed by atoms with Crippen LogP contribution in [0.3, 0.4) is 0 Å². The summed E-state index contributed by atoms with van der Waals surface area (Å²) in [5.41, 5.74) is 1.96. The van der Waals surface area contributed by atoms with Crippen molar-refractivity contribution in [1.29, 1.82) is 0 Å². The highest BCUT2D eigenvalue weighted by Crippen LogP contribution is 2.21. The molecule has 8 nitrogen and oxygen atoms in total. The number of benzene rings is 1. The molecule has 0 saturated heterocycles. The van der Waals surface area contributed by atoms with E-state index in [-0.39, 0.29) is 11.4 Å². The number of hydrogen-bond donors (Lipinski definition) is 1. The lowest BCUT2D eigenvalue weighted by atomic mass is 10.1. The number of carbonyl (C=O) groups excluding carboxylic acids is 1. The predicted octanol–water partition coefficient (Wildman–Crippen LogP) is 3.19. The summed E-state index contributed by atoms with van der Waals surface area (Å²) in [6, 6.07) is 6.22. The van der Waals surface area contributed by atoms with E-state index >= 15 is 0 Å². The summed E-state index contributed by atoms with van der Waals surface area (Å²) < 4.78 is 19.9. The average molecular weight is 458 g/mol. The zero-order valence-corrected chi connectivity index (χ0v) is 18.5. The fraction of sp³-hybridized carbons (Fsp3) is 0.318. The largest absolute Gasteiger partial charge is 0.450 e. The molecule has 0 radical (unpaired) electrons. The van der Waals surface area contributed by atoms with Crippen LogP contribution >= 0.6 is 11.8 Å². The normalized spacial score (nSPS) is 10.7. The summed E-state index contributed by atoms with van der Waals surface area (Å²) in [5, 5.41) is 3.25. The van der Waals surface area contributed by atoms with Crippen LogP contribution in [0.4, 0.5) is 9.18 Å². The summed E-state index contributed by atoms with van der Waals surface area (Å²) in [6.07, 6.45) is 7.10. The minimum atomic E-state index is -0.457. The molecule has 0 aliphatic carbocycles. The molecule has 1 aromatic carbocycles. The van der Waals surface area contributed by atoms with Crippen molar-refractivity contribution >= 4 is 17.9 Å². The number of hydrogen-bond acceptors (Lipinski definition) is 7. The Morgan fingerprint density at radius 2 is 1.94 bits per heavy atom. The number of halogens is 1. The summed E-state index contributed by atoms with van der Waals surface area (Å²) >= 11 is 1.40. The van der Waals surface area contributed by atoms with Crippen LogP contribution in [-0.2, 0) is 23.5 Å². The van der Waals surface area contributed by atoms with E-state index in [9.17, 15) is 14.0 Å². The number of aromatic nitrogens is 4. The van der Waals surface area contributed by atoms with E-state index in [4.69, 9.17) is 4.74 Å². The van der Waals surface area contributed by atoms with Gasteiger partial charge in [-0.15, -0.1) is 0 Å². The Labute approximate surface area is 189 Å². The van der Waals surface area contributed by atoms with Gasteiger partial charge < -0.3 is 14.6 Å². The molecule has 0 aliphatic heterocycles. The van der Waals surface area contributed by atoms with E-state index < -0.39 is 6.09 Å². The van der Waals surface area contributed by atoms with E-state index in [2.05, 4.69) is 20.3 Å². The van der Waals surface area contributed by atoms with E-state index in [1.807, 2.05) is 4.57 Å². The highest BCUT2D eigenvalue weighted by molar-refractivity contribution is 7.98. The SMILES string of the molecule is CCOC(=O)NCCCn1cc(Cc2cncnc2)c(=O)nc1SCc1ccc(F)cc1. The van der Waals surface area contributed by atoms with E-state index in [0.717, 1.165) is 11.1 Å². The predicted molar refractivity (Wildman–Crippen MR) is 119 cm³/mol. The fourth-order valence-corrected chi connectivity index (χ4v) is 3.86. The maximum Gasteiger partial charge on any atom is 0.407 e. The van der Waals surface area contributed by atoms with Crippen molar-refractivity contribution in [3.8, 4) is 0 Å². The molecule has 1 amide bonds. The Balaban J connectivity index is 1.74. The van der Waals surface area contributed by atoms with E-state index in [0.29, 0.717) is 49.0 Å². The van der Waals surface area contributed by atoms with Gasteiger partial charge in [0.1, 0.15) is 12.1 Å². The molecule has 10 heteroatoms. The number of carbonyl (C=O) groups is 1. The van der Waals surface area contributed by atoms with Gasteiger partial charge in [-0.25, -0.2) is 19.2 Å². The minimum absolute atomic E-state index is 0.294. The number of ether oxygens (including phenoxy) is 1. The molecule has 168 valence electrons. The molecule has 0 saturated carbocycles. The summed E-state index contributed by atoms with van der Waals surface area (Å²) in [5.74, 6) is 0.247. The number of amides is 1. The molecule has 3 aromatic rings. The molecule has 32 heavy (non-hydrogen) atoms. The quantitative estimate of drug-likeness (QED) is 0.284. The second kappa shape index (κ2) is 11.9. The molecule has 0 atom stereocenters. The maximum absolute atomic E-state index is 13.2. The lowest BCUT2D eigenvalue weighted by Gasteiger charge is -2.14. The Morgan fingerprint density at radius 1 is 1.19 bits per heavy atom. The van der Waals surface area contributed by atoms with Crippen LogP contribution in [0.25, 0.3) is 0 Å². The molecule has 0 fully saturated rings. The molecule has 2 aromatic heterocycles. The average Bonchev–Trinajstić information content (AvgIpc) is 2.79. The molecule has 0 unspecified atom stereocenters. The van der Waals surface area contributed by atoms with Crippen molar-refractivity contribution in [1.82, 2.24) is 24.8 Å². The Bertz CT molecular complexity index is 1080. The van der Waals surface area contributed by atoms with Crippen molar-refractivity contribution in [3.05, 3.63) is 82.0 Å². The molecule has 0 spiro atoms. The van der Waals surface area contributed by atoms with Crippen molar-refractivity contribution < 1.29 is 13.9 Å². The summed E-state index contributed by atoms with van der Waals surface area (Å²) in [4.78, 5) is 36.4. The van der Waals surface area contributed by atoms with Gasteiger partial charge in [-0.3, -0.25) is 4.79 Å². The van der Waals surface area contributed by atoms with Crippen LogP contribution in [0, 0.1) is 5.82 Å². The van der Waals surface area contributed by atoms with Gasteiger partial charge in [0.25, 0.3) is 5.56 Å². The molecule has 1 N–H and O–H groups in total. The Hall–Kier alpha value is -3.27. The van der Waals surface area contributed by atoms with Gasteiger partial charge in [-0.05, 0) is 36.6 Å². The summed E-state index contributed by atoms with van der Waals surface area (Å²) in [6.45, 7) is 3.03. The second-order valence-electron chi connectivity index (χ2n) is 6.89. The zero-order chi connectivity index (χ0) is 22.8. The molecule has 2 heterocycles. The van der Waals surface area contributed by atoms with Gasteiger partial charge in [0.2, 0.25) is 0 Å². The monoisotopic (exact) mass is 457 g/mol. The van der Waals surface area contributed by atoms with Gasteiger partial charge in [-0.1, -0.05) is 23.9 Å². The van der Waals surface area contributed by atoms with E-state index in [1.54, 1.807) is 37.6 Å². The summed E-state index contributed by atoms with van der Waals surface area (Å²) in [7, 11) is 0. The fourth-order valence-electron chi connectivity index (χ4n) is 2.91. The van der Waals surface area contributed by atoms with Gasteiger partial charge in [0.15, 0.2) is 5.16 Å². The topological polar surface area (TPSA) is 99.0 Å². The van der Waals surface area contributed by atoms with Crippen LogP contribution < -0.4 is 10.9 Å². The third kappa shape index (κ3) is 7.16. The first-order chi connectivity index (χ1) is 15.5. The van der Waals surface area contributed by atoms with Gasteiger partial charge >= 0.3 is 6.09 Å². The van der Waals surface area contributed by atoms with Crippen molar-refractivity contribution in [2.24, 2.45) is 0 Å². The van der Waals surface area contributed by atoms with Gasteiger partial charge in [-0.2, -0.15) is 4.98 Å². The standard InChI is InChI=1S/C22H24FN5O3S/c1-2-31-22(30)26-8-3-9-28-13-18(10-17-11-24-15-25-12-17)20(29)27-21(28)32-14-16-4-6-19(23)7-5-16/h4-7,11-13,15H,2-3,8-10,14H2,1H3,(H,26,30). The smallest absolute Gasteiger partial charge is 0.407 e. The number of thioether (sulfide) groups is 1. The van der Waals surface area contributed by atoms with Gasteiger partial charge in [0, 0.05) is 49.4 Å². The molecular weight excluding hydrogens is 433 g/mol. The Kier molecular flexibility index (Phi) is 8.73. The maximum atomic E-state index is 13.2. The number of nitrogens with one attached hydrogen (secondary N) is 1. The highest BCUT2D eigenvalue weighted by atomic mass is 32.2. The lowest BCUT2D eigenvalue weighted by molar-refractivity contribution is 0.152. The third-order valence-corrected chi connectivity index (χ3v) is 5.50. The van der Waals surface area contributed by atoms with Crippen molar-refractivity contribution in [2.45, 2.75) is 37.2 Å². The highest BCUT2D eigenvalue weighted by Gasteiger charge is 2.11. The van der Waals surface area contributed by atoms with Crippen LogP contribution in [0.2, 0.25) is 0 Å². The second-order valence-corrected chi connectivity index (χ2v) is 7.83. The van der Waals surface area contributed by atoms with Crippen molar-refractivity contribution in [3.63, 3.8) is 0 Å². The zero-order valence-electron chi connectivity index (χ0n) is 17.7. The van der Waals surface area contributed by atoms with Crippen LogP contribution in [-0.4, -0.2) is 38.8 Å². The van der Waals surface area contributed by atoms with E-state index in [1.165, 1.54) is 30.2 Å². The first-order valence-corrected chi connectivity index (χ1v) is 11.2. The number of rotatable bonds is 10.